The number of nitrogens with zero attached hydrogens (tertiary/aromatic N) is 6. The third kappa shape index (κ3) is 7.46. The second-order valence-corrected chi connectivity index (χ2v) is 13.1. The van der Waals surface area contributed by atoms with Gasteiger partial charge in [-0.15, -0.1) is 11.3 Å². The fourth-order valence-corrected chi connectivity index (χ4v) is 7.85. The van der Waals surface area contributed by atoms with Crippen LogP contribution in [0.1, 0.15) is 61.8 Å². The molecule has 2 aliphatic heterocycles. The normalized spacial score (nSPS) is 19.8. The van der Waals surface area contributed by atoms with E-state index in [1.165, 1.54) is 30.4 Å². The molecule has 10 nitrogen and oxygen atoms in total. The number of ether oxygens (including phenoxy) is 1. The van der Waals surface area contributed by atoms with Gasteiger partial charge in [0.05, 0.1) is 41.0 Å². The second-order valence-electron chi connectivity index (χ2n) is 10.7. The number of hydrogen-bond acceptors (Lipinski definition) is 11. The molecule has 42 heavy (non-hydrogen) atoms. The molecule has 2 saturated heterocycles. The van der Waals surface area contributed by atoms with E-state index in [0.29, 0.717) is 35.8 Å². The summed E-state index contributed by atoms with van der Waals surface area (Å²) in [5.74, 6) is 0.230. The lowest BCUT2D eigenvalue weighted by atomic mass is 10.1. The third-order valence-electron chi connectivity index (χ3n) is 7.85. The number of aromatic nitrogens is 3. The highest BCUT2D eigenvalue weighted by Gasteiger charge is 2.27. The fourth-order valence-electron chi connectivity index (χ4n) is 5.70. The van der Waals surface area contributed by atoms with E-state index in [4.69, 9.17) is 21.3 Å². The van der Waals surface area contributed by atoms with Crippen LogP contribution in [0.4, 0.5) is 10.9 Å². The standard InChI is InChI=1S/C29H38ClN7O3S2/c1-4-21-7-6-9-36(21)17-24-27(23-13-20(30)18-41-23)33-29(42-24)34-28(39)22-14-32-25(15-31-22)37-12-11-35(16-19(37)3)10-8-26(38)40-5-2/h13-15,18-19,21H,4-12,16-17H2,1-3H3,(H,33,34,39)/t19-,21-/m1/s1. The van der Waals surface area contributed by atoms with Crippen LogP contribution in [0, 0.1) is 0 Å². The summed E-state index contributed by atoms with van der Waals surface area (Å²) < 4.78 is 5.04. The Kier molecular flexibility index (Phi) is 10.4. The molecule has 0 unspecified atom stereocenters. The first-order chi connectivity index (χ1) is 20.3. The minimum absolute atomic E-state index is 0.162. The van der Waals surface area contributed by atoms with E-state index in [1.54, 1.807) is 17.5 Å². The van der Waals surface area contributed by atoms with Gasteiger partial charge in [-0.05, 0) is 45.7 Å². The van der Waals surface area contributed by atoms with Crippen LogP contribution in [0.25, 0.3) is 10.6 Å². The number of anilines is 2. The lowest BCUT2D eigenvalue weighted by molar-refractivity contribution is -0.143. The SMILES string of the molecule is CCOC(=O)CCN1CCN(c2cnc(C(=O)Nc3nc(-c4cc(Cl)cs4)c(CN4CCC[C@H]4CC)s3)cn2)[C@H](C)C1. The number of thiophene rings is 1. The Labute approximate surface area is 260 Å². The summed E-state index contributed by atoms with van der Waals surface area (Å²) in [6.45, 7) is 11.5. The number of esters is 1. The van der Waals surface area contributed by atoms with Gasteiger partial charge in [0.25, 0.3) is 5.91 Å². The Morgan fingerprint density at radius 1 is 1.19 bits per heavy atom. The first-order valence-corrected chi connectivity index (χ1v) is 16.7. The van der Waals surface area contributed by atoms with Crippen LogP contribution in [-0.2, 0) is 16.1 Å². The van der Waals surface area contributed by atoms with Gasteiger partial charge in [0.15, 0.2) is 5.13 Å². The molecule has 1 N–H and O–H groups in total. The second kappa shape index (κ2) is 14.2. The van der Waals surface area contributed by atoms with Gasteiger partial charge in [0.2, 0.25) is 0 Å². The molecule has 0 bridgehead atoms. The van der Waals surface area contributed by atoms with Gasteiger partial charge in [0, 0.05) is 55.1 Å². The minimum atomic E-state index is -0.338. The van der Waals surface area contributed by atoms with Gasteiger partial charge in [-0.25, -0.2) is 15.0 Å². The van der Waals surface area contributed by atoms with Crippen molar-refractivity contribution < 1.29 is 14.3 Å². The van der Waals surface area contributed by atoms with E-state index in [0.717, 1.165) is 60.4 Å². The molecule has 3 aromatic rings. The summed E-state index contributed by atoms with van der Waals surface area (Å²) in [7, 11) is 0. The molecule has 0 radical (unpaired) electrons. The van der Waals surface area contributed by atoms with E-state index < -0.39 is 0 Å². The lowest BCUT2D eigenvalue weighted by Crippen LogP contribution is -2.52. The molecule has 0 aromatic carbocycles. The number of rotatable bonds is 11. The largest absolute Gasteiger partial charge is 0.466 e. The Morgan fingerprint density at radius 3 is 2.74 bits per heavy atom. The van der Waals surface area contributed by atoms with Crippen molar-refractivity contribution in [1.29, 1.82) is 0 Å². The molecular formula is C29H38ClN7O3S2. The molecule has 2 aliphatic rings. The number of carbonyl (C=O) groups is 2. The summed E-state index contributed by atoms with van der Waals surface area (Å²) in [5.41, 5.74) is 1.12. The Morgan fingerprint density at radius 2 is 2.05 bits per heavy atom. The van der Waals surface area contributed by atoms with Gasteiger partial charge in [-0.1, -0.05) is 29.9 Å². The number of amides is 1. The maximum atomic E-state index is 13.2. The number of hydrogen-bond donors (Lipinski definition) is 1. The topological polar surface area (TPSA) is 104 Å². The molecule has 2 fully saturated rings. The highest BCUT2D eigenvalue weighted by molar-refractivity contribution is 7.17. The van der Waals surface area contributed by atoms with Crippen molar-refractivity contribution in [1.82, 2.24) is 24.8 Å². The van der Waals surface area contributed by atoms with Gasteiger partial charge >= 0.3 is 5.97 Å². The molecule has 0 saturated carbocycles. The lowest BCUT2D eigenvalue weighted by Gasteiger charge is -2.40. The maximum Gasteiger partial charge on any atom is 0.307 e. The van der Waals surface area contributed by atoms with E-state index in [-0.39, 0.29) is 23.6 Å². The summed E-state index contributed by atoms with van der Waals surface area (Å²) >= 11 is 9.31. The predicted octanol–water partition coefficient (Wildman–Crippen LogP) is 5.41. The summed E-state index contributed by atoms with van der Waals surface area (Å²) in [4.78, 5) is 47.8. The van der Waals surface area contributed by atoms with Crippen LogP contribution in [-0.4, -0.2) is 88.0 Å². The van der Waals surface area contributed by atoms with Crippen molar-refractivity contribution >= 4 is 57.1 Å². The van der Waals surface area contributed by atoms with Crippen LogP contribution < -0.4 is 10.2 Å². The van der Waals surface area contributed by atoms with Gasteiger partial charge in [0.1, 0.15) is 11.5 Å². The number of nitrogens with one attached hydrogen (secondary N) is 1. The maximum absolute atomic E-state index is 13.2. The Hall–Kier alpha value is -2.64. The molecule has 3 aromatic heterocycles. The van der Waals surface area contributed by atoms with Crippen LogP contribution in [0.15, 0.2) is 23.8 Å². The fraction of sp³-hybridized carbons (Fsp3) is 0.552. The third-order valence-corrected chi connectivity index (χ3v) is 10.1. The van der Waals surface area contributed by atoms with Crippen LogP contribution >= 0.6 is 34.3 Å². The van der Waals surface area contributed by atoms with Crippen molar-refractivity contribution in [3.8, 4) is 10.6 Å². The van der Waals surface area contributed by atoms with Gasteiger partial charge < -0.3 is 9.64 Å². The summed E-state index contributed by atoms with van der Waals surface area (Å²) in [5, 5.41) is 6.09. The van der Waals surface area contributed by atoms with E-state index >= 15 is 0 Å². The highest BCUT2D eigenvalue weighted by Crippen LogP contribution is 2.38. The van der Waals surface area contributed by atoms with Crippen molar-refractivity contribution in [3.05, 3.63) is 39.4 Å². The van der Waals surface area contributed by atoms with Crippen molar-refractivity contribution in [2.24, 2.45) is 0 Å². The van der Waals surface area contributed by atoms with E-state index in [9.17, 15) is 9.59 Å². The number of likely N-dealkylation sites (tertiary alicyclic amines) is 1. The van der Waals surface area contributed by atoms with Crippen LogP contribution in [0.2, 0.25) is 5.02 Å². The molecule has 0 spiro atoms. The number of thiazole rings is 1. The highest BCUT2D eigenvalue weighted by atomic mass is 35.5. The molecule has 2 atom stereocenters. The number of halogens is 1. The quantitative estimate of drug-likeness (QED) is 0.278. The molecule has 1 amide bonds. The molecule has 5 rings (SSSR count). The van der Waals surface area contributed by atoms with Crippen molar-refractivity contribution in [2.45, 2.75) is 65.1 Å². The predicted molar refractivity (Wildman–Crippen MR) is 169 cm³/mol. The molecule has 5 heterocycles. The smallest absolute Gasteiger partial charge is 0.307 e. The average Bonchev–Trinajstić information content (AvgIpc) is 3.72. The number of carbonyl (C=O) groups excluding carboxylic acids is 2. The summed E-state index contributed by atoms with van der Waals surface area (Å²) in [6, 6.07) is 2.70. The average molecular weight is 632 g/mol. The minimum Gasteiger partial charge on any atom is -0.466 e. The van der Waals surface area contributed by atoms with Crippen molar-refractivity contribution in [3.63, 3.8) is 0 Å². The zero-order valence-electron chi connectivity index (χ0n) is 24.3. The summed E-state index contributed by atoms with van der Waals surface area (Å²) in [6.07, 6.45) is 7.13. The monoisotopic (exact) mass is 631 g/mol. The zero-order valence-corrected chi connectivity index (χ0v) is 26.7. The van der Waals surface area contributed by atoms with E-state index in [1.807, 2.05) is 18.4 Å². The molecule has 226 valence electrons. The first kappa shape index (κ1) is 30.8. The molecule has 13 heteroatoms. The van der Waals surface area contributed by atoms with Gasteiger partial charge in [-0.2, -0.15) is 0 Å². The first-order valence-electron chi connectivity index (χ1n) is 14.6. The van der Waals surface area contributed by atoms with Crippen LogP contribution in [0.3, 0.4) is 0 Å². The zero-order chi connectivity index (χ0) is 29.6. The molecular weight excluding hydrogens is 594 g/mol. The number of piperazine rings is 1. The Bertz CT molecular complexity index is 1370. The molecule has 0 aliphatic carbocycles. The Balaban J connectivity index is 1.22. The van der Waals surface area contributed by atoms with Crippen LogP contribution in [0.5, 0.6) is 0 Å². The van der Waals surface area contributed by atoms with Gasteiger partial charge in [-0.3, -0.25) is 24.7 Å². The van der Waals surface area contributed by atoms with E-state index in [2.05, 4.69) is 43.8 Å². The van der Waals surface area contributed by atoms with Crippen molar-refractivity contribution in [2.75, 3.05) is 49.5 Å².